The van der Waals surface area contributed by atoms with Gasteiger partial charge in [0, 0.05) is 40.6 Å². The Morgan fingerprint density at radius 3 is 2.79 bits per heavy atom. The fourth-order valence-electron chi connectivity index (χ4n) is 6.54. The molecule has 7 rings (SSSR count). The van der Waals surface area contributed by atoms with Gasteiger partial charge in [-0.05, 0) is 66.3 Å². The summed E-state index contributed by atoms with van der Waals surface area (Å²) < 4.78 is 8.54. The van der Waals surface area contributed by atoms with E-state index in [0.717, 1.165) is 52.7 Å². The Kier molecular flexibility index (Phi) is 5.59. The Labute approximate surface area is 229 Å². The number of aromatic nitrogens is 2. The number of rotatable bonds is 2. The Morgan fingerprint density at radius 2 is 1.95 bits per heavy atom. The first-order valence-corrected chi connectivity index (χ1v) is 13.9. The highest BCUT2D eigenvalue weighted by molar-refractivity contribution is 6.12. The molecule has 4 heteroatoms. The van der Waals surface area contributed by atoms with Gasteiger partial charge in [0.2, 0.25) is 11.4 Å². The third-order valence-corrected chi connectivity index (χ3v) is 8.51. The van der Waals surface area contributed by atoms with E-state index in [4.69, 9.17) is 9.41 Å². The minimum absolute atomic E-state index is 0.106. The predicted octanol–water partition coefficient (Wildman–Crippen LogP) is 8.01. The average Bonchev–Trinajstić information content (AvgIpc) is 3.34. The maximum Gasteiger partial charge on any atom is 0.227 e. The van der Waals surface area contributed by atoms with E-state index in [1.165, 1.54) is 27.8 Å². The van der Waals surface area contributed by atoms with Crippen molar-refractivity contribution in [1.82, 2.24) is 4.98 Å². The summed E-state index contributed by atoms with van der Waals surface area (Å²) in [5, 5.41) is 2.18. The lowest BCUT2D eigenvalue weighted by atomic mass is 9.78. The molecule has 2 unspecified atom stereocenters. The normalized spacial score (nSPS) is 18.7. The van der Waals surface area contributed by atoms with Crippen LogP contribution in [0.5, 0.6) is 0 Å². The molecule has 0 saturated carbocycles. The van der Waals surface area contributed by atoms with Gasteiger partial charge in [-0.3, -0.25) is 4.99 Å². The zero-order valence-electron chi connectivity index (χ0n) is 22.5. The number of aryl methyl sites for hydroxylation is 1. The largest absolute Gasteiger partial charge is 0.438 e. The van der Waals surface area contributed by atoms with Crippen LogP contribution < -0.4 is 4.57 Å². The molecule has 0 radical (unpaired) electrons. The van der Waals surface area contributed by atoms with Crippen molar-refractivity contribution in [2.45, 2.75) is 51.0 Å². The average molecular weight is 511 g/mol. The van der Waals surface area contributed by atoms with Crippen LogP contribution in [0.15, 0.2) is 102 Å². The number of aliphatic imine (C=N–C) groups is 1. The summed E-state index contributed by atoms with van der Waals surface area (Å²) in [6.45, 7) is 13.2. The third kappa shape index (κ3) is 3.77. The molecule has 0 N–H and O–H groups in total. The Bertz CT molecular complexity index is 1820. The molecule has 2 aromatic carbocycles. The molecule has 5 heterocycles. The van der Waals surface area contributed by atoms with Crippen LogP contribution in [-0.2, 0) is 6.42 Å². The molecule has 0 fully saturated rings. The maximum absolute atomic E-state index is 6.25. The molecule has 3 aromatic heterocycles. The van der Waals surface area contributed by atoms with Crippen LogP contribution in [-0.4, -0.2) is 16.7 Å². The molecule has 0 bridgehead atoms. The van der Waals surface area contributed by atoms with Gasteiger partial charge in [-0.2, -0.15) is 4.57 Å². The van der Waals surface area contributed by atoms with Crippen LogP contribution in [0.4, 0.5) is 0 Å². The second-order valence-electron chi connectivity index (χ2n) is 11.1. The molecule has 2 aliphatic heterocycles. The van der Waals surface area contributed by atoms with Gasteiger partial charge in [0.25, 0.3) is 0 Å². The first-order chi connectivity index (χ1) is 19.0. The highest BCUT2D eigenvalue weighted by atomic mass is 16.3. The van der Waals surface area contributed by atoms with E-state index in [2.05, 4.69) is 97.4 Å². The second kappa shape index (κ2) is 9.16. The summed E-state index contributed by atoms with van der Waals surface area (Å²) in [5.41, 5.74) is 11.1. The Morgan fingerprint density at radius 1 is 1.08 bits per heavy atom. The van der Waals surface area contributed by atoms with E-state index in [1.54, 1.807) is 6.20 Å². The third-order valence-electron chi connectivity index (χ3n) is 8.51. The second-order valence-corrected chi connectivity index (χ2v) is 11.1. The number of furan rings is 1. The molecular formula is C35H32N3O+. The molecule has 0 spiro atoms. The predicted molar refractivity (Wildman–Crippen MR) is 159 cm³/mol. The molecule has 4 nitrogen and oxygen atoms in total. The van der Waals surface area contributed by atoms with Gasteiger partial charge in [0.05, 0.1) is 23.7 Å². The Balaban J connectivity index is 1.51. The van der Waals surface area contributed by atoms with Crippen molar-refractivity contribution in [1.29, 1.82) is 0 Å². The first kappa shape index (κ1) is 23.8. The van der Waals surface area contributed by atoms with Crippen LogP contribution in [0, 0.1) is 0 Å². The fourth-order valence-corrected chi connectivity index (χ4v) is 6.54. The highest BCUT2D eigenvalue weighted by Gasteiger charge is 2.35. The summed E-state index contributed by atoms with van der Waals surface area (Å²) >= 11 is 0. The van der Waals surface area contributed by atoms with Crippen molar-refractivity contribution in [3.05, 3.63) is 115 Å². The summed E-state index contributed by atoms with van der Waals surface area (Å²) in [7, 11) is 0. The van der Waals surface area contributed by atoms with E-state index in [9.17, 15) is 0 Å². The Hall–Kier alpha value is -4.31. The van der Waals surface area contributed by atoms with Gasteiger partial charge in [-0.1, -0.05) is 50.8 Å². The van der Waals surface area contributed by atoms with Crippen molar-refractivity contribution in [3.63, 3.8) is 0 Å². The van der Waals surface area contributed by atoms with Crippen molar-refractivity contribution < 1.29 is 8.98 Å². The fraction of sp³-hybridized carbons (Fsp3) is 0.229. The van der Waals surface area contributed by atoms with E-state index in [1.807, 2.05) is 12.1 Å². The van der Waals surface area contributed by atoms with Crippen molar-refractivity contribution >= 4 is 33.5 Å². The molecule has 2 atom stereocenters. The first-order valence-electron chi connectivity index (χ1n) is 13.9. The van der Waals surface area contributed by atoms with E-state index in [-0.39, 0.29) is 6.04 Å². The van der Waals surface area contributed by atoms with Gasteiger partial charge in [0.1, 0.15) is 5.58 Å². The van der Waals surface area contributed by atoms with E-state index >= 15 is 0 Å². The van der Waals surface area contributed by atoms with Gasteiger partial charge >= 0.3 is 0 Å². The smallest absolute Gasteiger partial charge is 0.227 e. The number of fused-ring (bicyclic) bond motifs is 10. The van der Waals surface area contributed by atoms with E-state index in [0.29, 0.717) is 17.5 Å². The number of pyridine rings is 2. The van der Waals surface area contributed by atoms with Gasteiger partial charge < -0.3 is 4.42 Å². The van der Waals surface area contributed by atoms with Crippen LogP contribution in [0.1, 0.15) is 60.8 Å². The quantitative estimate of drug-likeness (QED) is 0.226. The van der Waals surface area contributed by atoms with Gasteiger partial charge in [-0.25, -0.2) is 4.98 Å². The number of allylic oxidation sites excluding steroid dienone is 1. The molecule has 5 aromatic rings. The number of benzene rings is 2. The molecule has 2 aliphatic rings. The lowest BCUT2D eigenvalue weighted by Gasteiger charge is -2.32. The molecular weight excluding hydrogens is 478 g/mol. The van der Waals surface area contributed by atoms with Crippen LogP contribution in [0.3, 0.4) is 0 Å². The molecule has 0 saturated heterocycles. The zero-order chi connectivity index (χ0) is 26.7. The number of nitrogens with zero attached hydrogens (tertiary/aromatic N) is 3. The topological polar surface area (TPSA) is 42.3 Å². The molecule has 39 heavy (non-hydrogen) atoms. The van der Waals surface area contributed by atoms with Crippen molar-refractivity contribution in [3.8, 4) is 11.3 Å². The summed E-state index contributed by atoms with van der Waals surface area (Å²) in [6.07, 6.45) is 8.60. The minimum Gasteiger partial charge on any atom is -0.438 e. The summed E-state index contributed by atoms with van der Waals surface area (Å²) in [6, 6.07) is 21.9. The number of hydrogen-bond donors (Lipinski definition) is 0. The van der Waals surface area contributed by atoms with Crippen LogP contribution >= 0.6 is 0 Å². The van der Waals surface area contributed by atoms with E-state index < -0.39 is 0 Å². The monoisotopic (exact) mass is 510 g/mol. The SMILES string of the molecule is C=CC1=NC2CC(=C)[n+]3ccc(C(C)C)cc3-c3c(ccc4oc5ncccc5c34)CCC2c2ccccc21. The molecule has 0 amide bonds. The van der Waals surface area contributed by atoms with Crippen molar-refractivity contribution in [2.24, 2.45) is 4.99 Å². The summed E-state index contributed by atoms with van der Waals surface area (Å²) in [4.78, 5) is 9.79. The highest BCUT2D eigenvalue weighted by Crippen LogP contribution is 2.42. The lowest BCUT2D eigenvalue weighted by Crippen LogP contribution is -2.38. The maximum atomic E-state index is 6.25. The van der Waals surface area contributed by atoms with Gasteiger partial charge in [0.15, 0.2) is 11.9 Å². The summed E-state index contributed by atoms with van der Waals surface area (Å²) in [5.74, 6) is 0.703. The van der Waals surface area contributed by atoms with Gasteiger partial charge in [-0.15, -0.1) is 0 Å². The molecule has 192 valence electrons. The van der Waals surface area contributed by atoms with Crippen LogP contribution in [0.2, 0.25) is 0 Å². The number of hydrogen-bond acceptors (Lipinski definition) is 3. The van der Waals surface area contributed by atoms with Crippen molar-refractivity contribution in [2.75, 3.05) is 0 Å². The van der Waals surface area contributed by atoms with Crippen LogP contribution in [0.25, 0.3) is 39.0 Å². The minimum atomic E-state index is 0.106. The zero-order valence-corrected chi connectivity index (χ0v) is 22.5. The molecule has 0 aliphatic carbocycles. The standard InChI is InChI=1S/C35H32N3O/c1-5-29-26-10-7-6-9-25(26)27-14-12-23-13-15-32-34(28-11-8-17-36-35(28)39-32)33(23)31-20-24(21(2)3)16-18-38(31)22(4)19-30(27)37-29/h5-11,13,15-18,20-21,27,30H,1,4,12,14,19H2,2-3H3/q+1. The lowest BCUT2D eigenvalue weighted by molar-refractivity contribution is -0.571.